The van der Waals surface area contributed by atoms with E-state index in [4.69, 9.17) is 21.3 Å². The molecule has 0 radical (unpaired) electrons. The molecule has 2 aliphatic rings. The molecule has 2 aromatic rings. The SMILES string of the molecule is CC1(c2nc(Cl)cc(N3CCC(Oc4cnccn4)CC3)n2)CC1. The number of piperidine rings is 1. The molecular formula is C17H20ClN5O. The van der Waals surface area contributed by atoms with Crippen molar-refractivity contribution in [3.63, 3.8) is 0 Å². The van der Waals surface area contributed by atoms with Crippen LogP contribution in [0.2, 0.25) is 5.15 Å². The number of hydrogen-bond donors (Lipinski definition) is 0. The Hall–Kier alpha value is -1.95. The van der Waals surface area contributed by atoms with Crippen LogP contribution < -0.4 is 9.64 Å². The van der Waals surface area contributed by atoms with Crippen LogP contribution >= 0.6 is 11.6 Å². The quantitative estimate of drug-likeness (QED) is 0.794. The zero-order chi connectivity index (χ0) is 16.6. The smallest absolute Gasteiger partial charge is 0.232 e. The summed E-state index contributed by atoms with van der Waals surface area (Å²) in [5.41, 5.74) is 0.118. The molecule has 0 unspecified atom stereocenters. The van der Waals surface area contributed by atoms with E-state index in [2.05, 4.69) is 26.8 Å². The van der Waals surface area contributed by atoms with E-state index in [-0.39, 0.29) is 11.5 Å². The molecule has 126 valence electrons. The predicted molar refractivity (Wildman–Crippen MR) is 91.5 cm³/mol. The summed E-state index contributed by atoms with van der Waals surface area (Å²) in [5, 5.41) is 0.529. The van der Waals surface area contributed by atoms with E-state index >= 15 is 0 Å². The van der Waals surface area contributed by atoms with Gasteiger partial charge in [-0.3, -0.25) is 4.98 Å². The van der Waals surface area contributed by atoms with Crippen LogP contribution in [0.25, 0.3) is 0 Å². The van der Waals surface area contributed by atoms with Crippen LogP contribution in [0.5, 0.6) is 5.88 Å². The molecule has 2 aromatic heterocycles. The van der Waals surface area contributed by atoms with Crippen molar-refractivity contribution in [2.75, 3.05) is 18.0 Å². The van der Waals surface area contributed by atoms with Gasteiger partial charge in [-0.2, -0.15) is 0 Å². The van der Waals surface area contributed by atoms with Crippen LogP contribution in [0.15, 0.2) is 24.7 Å². The maximum absolute atomic E-state index is 6.22. The first-order valence-corrected chi connectivity index (χ1v) is 8.73. The Morgan fingerprint density at radius 3 is 2.67 bits per heavy atom. The highest BCUT2D eigenvalue weighted by atomic mass is 35.5. The molecule has 2 fully saturated rings. The van der Waals surface area contributed by atoms with Gasteiger partial charge < -0.3 is 9.64 Å². The van der Waals surface area contributed by atoms with E-state index in [0.717, 1.165) is 50.4 Å². The van der Waals surface area contributed by atoms with E-state index in [9.17, 15) is 0 Å². The van der Waals surface area contributed by atoms with Gasteiger partial charge >= 0.3 is 0 Å². The third kappa shape index (κ3) is 3.29. The Balaban J connectivity index is 1.42. The zero-order valence-corrected chi connectivity index (χ0v) is 14.4. The standard InChI is InChI=1S/C17H20ClN5O/c1-17(4-5-17)16-21-13(18)10-14(22-16)23-8-2-12(3-9-23)24-15-11-19-6-7-20-15/h6-7,10-12H,2-5,8-9H2,1H3. The second kappa shape index (κ2) is 6.16. The van der Waals surface area contributed by atoms with E-state index in [1.165, 1.54) is 0 Å². The Labute approximate surface area is 146 Å². The monoisotopic (exact) mass is 345 g/mol. The second-order valence-electron chi connectivity index (χ2n) is 6.78. The maximum Gasteiger partial charge on any atom is 0.232 e. The molecule has 6 nitrogen and oxygen atoms in total. The Bertz CT molecular complexity index is 714. The summed E-state index contributed by atoms with van der Waals surface area (Å²) in [6.45, 7) is 3.96. The zero-order valence-electron chi connectivity index (χ0n) is 13.7. The molecule has 1 aliphatic heterocycles. The molecule has 4 rings (SSSR count). The number of anilines is 1. The van der Waals surface area contributed by atoms with E-state index < -0.39 is 0 Å². The summed E-state index contributed by atoms with van der Waals surface area (Å²) >= 11 is 6.22. The Kier molecular flexibility index (Phi) is 4.00. The molecule has 0 amide bonds. The van der Waals surface area contributed by atoms with Crippen LogP contribution in [0.1, 0.15) is 38.4 Å². The molecule has 1 saturated carbocycles. The Morgan fingerprint density at radius 1 is 1.21 bits per heavy atom. The average Bonchev–Trinajstić information content (AvgIpc) is 3.35. The van der Waals surface area contributed by atoms with Gasteiger partial charge in [-0.15, -0.1) is 0 Å². The minimum atomic E-state index is 0.118. The van der Waals surface area contributed by atoms with Gasteiger partial charge in [0.25, 0.3) is 0 Å². The molecular weight excluding hydrogens is 326 g/mol. The minimum Gasteiger partial charge on any atom is -0.473 e. The number of hydrogen-bond acceptors (Lipinski definition) is 6. The topological polar surface area (TPSA) is 64.0 Å². The molecule has 7 heteroatoms. The van der Waals surface area contributed by atoms with Gasteiger partial charge in [0.1, 0.15) is 22.9 Å². The molecule has 0 N–H and O–H groups in total. The van der Waals surface area contributed by atoms with Crippen molar-refractivity contribution in [2.24, 2.45) is 0 Å². The van der Waals surface area contributed by atoms with Gasteiger partial charge in [0.05, 0.1) is 6.20 Å². The van der Waals surface area contributed by atoms with E-state index in [1.54, 1.807) is 18.6 Å². The lowest BCUT2D eigenvalue weighted by molar-refractivity contribution is 0.163. The number of aromatic nitrogens is 4. The fourth-order valence-electron chi connectivity index (χ4n) is 2.97. The highest BCUT2D eigenvalue weighted by molar-refractivity contribution is 6.29. The molecule has 0 bridgehead atoms. The third-order valence-electron chi connectivity index (χ3n) is 4.81. The van der Waals surface area contributed by atoms with Crippen molar-refractivity contribution in [3.05, 3.63) is 35.6 Å². The lowest BCUT2D eigenvalue weighted by Crippen LogP contribution is -2.39. The summed E-state index contributed by atoms with van der Waals surface area (Å²) in [6, 6.07) is 1.86. The molecule has 1 aliphatic carbocycles. The summed E-state index contributed by atoms with van der Waals surface area (Å²) in [7, 11) is 0. The van der Waals surface area contributed by atoms with Gasteiger partial charge in [0.2, 0.25) is 5.88 Å². The largest absolute Gasteiger partial charge is 0.473 e. The lowest BCUT2D eigenvalue weighted by atomic mass is 10.1. The first kappa shape index (κ1) is 15.6. The lowest BCUT2D eigenvalue weighted by Gasteiger charge is -2.33. The highest BCUT2D eigenvalue weighted by Crippen LogP contribution is 2.46. The highest BCUT2D eigenvalue weighted by Gasteiger charge is 2.42. The molecule has 0 aromatic carbocycles. The third-order valence-corrected chi connectivity index (χ3v) is 5.01. The Morgan fingerprint density at radius 2 is 2.00 bits per heavy atom. The van der Waals surface area contributed by atoms with Gasteiger partial charge in [-0.05, 0) is 12.8 Å². The van der Waals surface area contributed by atoms with Crippen molar-refractivity contribution in [1.29, 1.82) is 0 Å². The van der Waals surface area contributed by atoms with Crippen LogP contribution in [-0.2, 0) is 5.41 Å². The average molecular weight is 346 g/mol. The summed E-state index contributed by atoms with van der Waals surface area (Å²) in [4.78, 5) is 19.7. The van der Waals surface area contributed by atoms with Gasteiger partial charge in [-0.1, -0.05) is 18.5 Å². The number of ether oxygens (including phenoxy) is 1. The van der Waals surface area contributed by atoms with E-state index in [1.807, 2.05) is 6.07 Å². The van der Waals surface area contributed by atoms with Crippen molar-refractivity contribution in [3.8, 4) is 5.88 Å². The first-order chi connectivity index (χ1) is 11.6. The van der Waals surface area contributed by atoms with Crippen LogP contribution in [-0.4, -0.2) is 39.1 Å². The number of rotatable bonds is 4. The summed E-state index contributed by atoms with van der Waals surface area (Å²) in [5.74, 6) is 2.39. The maximum atomic E-state index is 6.22. The van der Waals surface area contributed by atoms with Gasteiger partial charge in [-0.25, -0.2) is 15.0 Å². The fourth-order valence-corrected chi connectivity index (χ4v) is 3.15. The fraction of sp³-hybridized carbons (Fsp3) is 0.529. The van der Waals surface area contributed by atoms with Crippen molar-refractivity contribution in [2.45, 2.75) is 44.1 Å². The van der Waals surface area contributed by atoms with Crippen molar-refractivity contribution in [1.82, 2.24) is 19.9 Å². The predicted octanol–water partition coefficient (Wildman–Crippen LogP) is 3.02. The second-order valence-corrected chi connectivity index (χ2v) is 7.17. The molecule has 3 heterocycles. The van der Waals surface area contributed by atoms with Crippen LogP contribution in [0, 0.1) is 0 Å². The van der Waals surface area contributed by atoms with Crippen molar-refractivity contribution < 1.29 is 4.74 Å². The first-order valence-electron chi connectivity index (χ1n) is 8.35. The van der Waals surface area contributed by atoms with Crippen LogP contribution in [0.4, 0.5) is 5.82 Å². The number of halogens is 1. The molecule has 1 saturated heterocycles. The normalized spacial score (nSPS) is 20.0. The minimum absolute atomic E-state index is 0.118. The van der Waals surface area contributed by atoms with Crippen LogP contribution in [0.3, 0.4) is 0 Å². The summed E-state index contributed by atoms with van der Waals surface area (Å²) < 4.78 is 5.89. The van der Waals surface area contributed by atoms with Crippen molar-refractivity contribution >= 4 is 17.4 Å². The molecule has 24 heavy (non-hydrogen) atoms. The van der Waals surface area contributed by atoms with E-state index in [0.29, 0.717) is 11.0 Å². The van der Waals surface area contributed by atoms with Gasteiger partial charge in [0, 0.05) is 49.8 Å². The molecule has 0 atom stereocenters. The van der Waals surface area contributed by atoms with Gasteiger partial charge in [0.15, 0.2) is 0 Å². The molecule has 0 spiro atoms. The summed E-state index contributed by atoms with van der Waals surface area (Å²) in [6.07, 6.45) is 9.23. The number of nitrogens with zero attached hydrogens (tertiary/aromatic N) is 5.